The van der Waals surface area contributed by atoms with Crippen molar-refractivity contribution in [2.24, 2.45) is 0 Å². The zero-order valence-electron chi connectivity index (χ0n) is 9.91. The molecule has 0 bridgehead atoms. The zero-order chi connectivity index (χ0) is 9.40. The molecule has 0 saturated heterocycles. The Morgan fingerprint density at radius 2 is 1.38 bits per heavy atom. The molecule has 0 radical (unpaired) electrons. The van der Waals surface area contributed by atoms with Crippen molar-refractivity contribution in [2.75, 3.05) is 13.2 Å². The summed E-state index contributed by atoms with van der Waals surface area (Å²) < 4.78 is 9.07. The predicted octanol–water partition coefficient (Wildman–Crippen LogP) is 0.513. The minimum Gasteiger partial charge on any atom is -1.00 e. The number of carbonyl (C=O) groups excluding carboxylic acids is 2. The van der Waals surface area contributed by atoms with E-state index in [4.69, 9.17) is 0 Å². The maximum Gasteiger partial charge on any atom is 2.00 e. The van der Waals surface area contributed by atoms with E-state index in [-0.39, 0.29) is 48.3 Å². The minimum atomic E-state index is -0.537. The fraction of sp³-hybridized carbons (Fsp3) is 0.500. The molecule has 0 aromatic carbocycles. The van der Waals surface area contributed by atoms with Crippen LogP contribution in [0.1, 0.15) is 16.7 Å². The van der Waals surface area contributed by atoms with Crippen LogP contribution in [0.5, 0.6) is 0 Å². The van der Waals surface area contributed by atoms with Gasteiger partial charge in [0.2, 0.25) is 0 Å². The molecule has 0 heterocycles. The van der Waals surface area contributed by atoms with Gasteiger partial charge >= 0.3 is 57.4 Å². The van der Waals surface area contributed by atoms with Crippen LogP contribution < -0.4 is 0 Å². The summed E-state index contributed by atoms with van der Waals surface area (Å²) in [7, 11) is 0. The second kappa shape index (κ2) is 10.2. The Hall–Kier alpha value is 0.161. The van der Waals surface area contributed by atoms with Crippen molar-refractivity contribution < 1.29 is 21.9 Å². The molecule has 0 unspecified atom stereocenters. The largest absolute Gasteiger partial charge is 2.00 e. The summed E-state index contributed by atoms with van der Waals surface area (Å²) in [5.41, 5.74) is 0. The monoisotopic (exact) mass is 262 g/mol. The maximum atomic E-state index is 10.6. The third-order valence-corrected chi connectivity index (χ3v) is 0.929. The second-order valence-corrected chi connectivity index (χ2v) is 1.84. The molecule has 0 spiro atoms. The molecule has 0 atom stereocenters. The maximum absolute atomic E-state index is 10.6. The van der Waals surface area contributed by atoms with E-state index in [0.29, 0.717) is 13.2 Å². The summed E-state index contributed by atoms with van der Waals surface area (Å²) in [6, 6.07) is 0. The van der Waals surface area contributed by atoms with Gasteiger partial charge in [-0.3, -0.25) is 0 Å². The van der Waals surface area contributed by atoms with Gasteiger partial charge in [0.15, 0.2) is 0 Å². The van der Waals surface area contributed by atoms with Gasteiger partial charge in [-0.1, -0.05) is 0 Å². The Morgan fingerprint density at radius 1 is 1.08 bits per heavy atom. The molecule has 0 amide bonds. The molecule has 72 valence electrons. The van der Waals surface area contributed by atoms with Gasteiger partial charge in [-0.05, 0) is 13.8 Å². The Bertz CT molecular complexity index is 177. The van der Waals surface area contributed by atoms with Crippen LogP contribution in [0.15, 0.2) is 12.2 Å². The van der Waals surface area contributed by atoms with Gasteiger partial charge in [0.05, 0.1) is 13.2 Å². The van der Waals surface area contributed by atoms with Crippen LogP contribution >= 0.6 is 0 Å². The second-order valence-electron chi connectivity index (χ2n) is 1.84. The topological polar surface area (TPSA) is 52.6 Å². The first-order chi connectivity index (χ1) is 5.70. The molecule has 0 aromatic heterocycles. The quantitative estimate of drug-likeness (QED) is 0.421. The van der Waals surface area contributed by atoms with E-state index in [0.717, 1.165) is 12.2 Å². The fourth-order valence-electron chi connectivity index (χ4n) is 0.517. The average Bonchev–Trinajstić information content (AvgIpc) is 2.02. The first kappa shape index (κ1) is 15.6. The molecule has 0 aliphatic rings. The average molecular weight is 262 g/mol. The van der Waals surface area contributed by atoms with Gasteiger partial charge in [-0.25, -0.2) is 9.59 Å². The van der Waals surface area contributed by atoms with Crippen molar-refractivity contribution in [3.8, 4) is 0 Å². The van der Waals surface area contributed by atoms with Crippen molar-refractivity contribution in [3.63, 3.8) is 0 Å². The van der Waals surface area contributed by atoms with Crippen LogP contribution in [0.25, 0.3) is 0 Å². The number of carbonyl (C=O) groups is 2. The van der Waals surface area contributed by atoms with Crippen LogP contribution in [0.4, 0.5) is 0 Å². The summed E-state index contributed by atoms with van der Waals surface area (Å²) in [6.45, 7) is 3.98. The molecule has 0 saturated carbocycles. The molecule has 0 aliphatic carbocycles. The summed E-state index contributed by atoms with van der Waals surface area (Å²) in [5.74, 6) is -1.07. The third kappa shape index (κ3) is 10.1. The Kier molecular flexibility index (Phi) is 12.3. The fourth-order valence-corrected chi connectivity index (χ4v) is 0.517. The van der Waals surface area contributed by atoms with E-state index in [1.807, 2.05) is 0 Å². The van der Waals surface area contributed by atoms with Gasteiger partial charge in [-0.2, -0.15) is 0 Å². The molecule has 5 heteroatoms. The van der Waals surface area contributed by atoms with E-state index in [1.54, 1.807) is 13.8 Å². The number of hydrogen-bond donors (Lipinski definition) is 0. The predicted molar refractivity (Wildman–Crippen MR) is 50.4 cm³/mol. The molecule has 0 aliphatic heterocycles. The van der Waals surface area contributed by atoms with E-state index < -0.39 is 11.9 Å². The number of esters is 2. The number of ether oxygens (including phenoxy) is 2. The Balaban J connectivity index is -0.000000202. The van der Waals surface area contributed by atoms with Gasteiger partial charge in [0.1, 0.15) is 0 Å². The van der Waals surface area contributed by atoms with Gasteiger partial charge in [0.25, 0.3) is 0 Å². The molecule has 4 nitrogen and oxygen atoms in total. The van der Waals surface area contributed by atoms with Crippen LogP contribution in [-0.2, 0) is 19.1 Å². The summed E-state index contributed by atoms with van der Waals surface area (Å²) >= 11 is 0. The van der Waals surface area contributed by atoms with E-state index >= 15 is 0 Å². The van der Waals surface area contributed by atoms with Crippen molar-refractivity contribution in [2.45, 2.75) is 13.8 Å². The minimum absolute atomic E-state index is 0. The van der Waals surface area contributed by atoms with E-state index in [9.17, 15) is 9.59 Å². The first-order valence-corrected chi connectivity index (χ1v) is 3.72. The molecule has 0 aromatic rings. The summed E-state index contributed by atoms with van der Waals surface area (Å²) in [6.07, 6.45) is 2.09. The van der Waals surface area contributed by atoms with Gasteiger partial charge in [-0.15, -0.1) is 0 Å². The number of hydrogen-bond acceptors (Lipinski definition) is 4. The Morgan fingerprint density at radius 3 is 1.62 bits per heavy atom. The summed E-state index contributed by atoms with van der Waals surface area (Å²) in [4.78, 5) is 21.3. The molecule has 13 heavy (non-hydrogen) atoms. The van der Waals surface area contributed by atoms with Crippen molar-refractivity contribution in [1.29, 1.82) is 0 Å². The van der Waals surface area contributed by atoms with E-state index in [1.165, 1.54) is 0 Å². The van der Waals surface area contributed by atoms with Crippen molar-refractivity contribution in [1.82, 2.24) is 0 Å². The van der Waals surface area contributed by atoms with Crippen LogP contribution in [0, 0.1) is 0 Å². The van der Waals surface area contributed by atoms with E-state index in [2.05, 4.69) is 9.47 Å². The first-order valence-electron chi connectivity index (χ1n) is 3.72. The normalized spacial score (nSPS) is 9.08. The van der Waals surface area contributed by atoms with Crippen LogP contribution in [0.2, 0.25) is 0 Å². The van der Waals surface area contributed by atoms with Crippen molar-refractivity contribution in [3.05, 3.63) is 12.2 Å². The standard InChI is InChI=1S/C8H12O4.Sr.2H/c1-3-11-7(9)5-6-8(10)12-4-2;;;/h5-6H,3-4H2,1-2H3;;;/q;+2;2*-1/b6-5+;;;. The zero-order valence-corrected chi connectivity index (χ0v) is 11.4. The summed E-state index contributed by atoms with van der Waals surface area (Å²) in [5, 5.41) is 0. The van der Waals surface area contributed by atoms with Crippen LogP contribution in [-0.4, -0.2) is 70.6 Å². The molecular weight excluding hydrogens is 248 g/mol. The molecular formula is C8H14O4Sr. The third-order valence-electron chi connectivity index (χ3n) is 0.929. The van der Waals surface area contributed by atoms with Gasteiger partial charge in [0, 0.05) is 12.2 Å². The van der Waals surface area contributed by atoms with Gasteiger partial charge < -0.3 is 12.3 Å². The SMILES string of the molecule is CCOC(=O)/C=C/C(=O)OCC.[H-].[H-].[Sr+2]. The molecule has 0 fully saturated rings. The number of rotatable bonds is 4. The molecule has 0 rings (SSSR count). The smallest absolute Gasteiger partial charge is 1.00 e. The van der Waals surface area contributed by atoms with Crippen LogP contribution in [0.3, 0.4) is 0 Å². The molecule has 0 N–H and O–H groups in total. The van der Waals surface area contributed by atoms with Crippen molar-refractivity contribution >= 4 is 57.4 Å². The Labute approximate surface area is 118 Å².